The molecule has 1 N–H and O–H groups in total. The van der Waals surface area contributed by atoms with Gasteiger partial charge in [0.15, 0.2) is 11.5 Å². The fourth-order valence-corrected chi connectivity index (χ4v) is 3.66. The number of hydrogen-bond acceptors (Lipinski definition) is 5. The van der Waals surface area contributed by atoms with Crippen molar-refractivity contribution in [3.8, 4) is 11.5 Å². The molecule has 5 nitrogen and oxygen atoms in total. The number of halogens is 1. The molecule has 3 aromatic rings. The molecule has 2 heterocycles. The normalized spacial score (nSPS) is 11.7. The van der Waals surface area contributed by atoms with E-state index < -0.39 is 0 Å². The summed E-state index contributed by atoms with van der Waals surface area (Å²) >= 11 is 7.43. The van der Waals surface area contributed by atoms with Gasteiger partial charge in [-0.15, -0.1) is 11.3 Å². The Morgan fingerprint density at radius 2 is 2.07 bits per heavy atom. The van der Waals surface area contributed by atoms with E-state index in [9.17, 15) is 4.79 Å². The smallest absolute Gasteiger partial charge is 0.251 e. The van der Waals surface area contributed by atoms with Crippen LogP contribution in [-0.4, -0.2) is 17.5 Å². The number of thiophene rings is 1. The maximum atomic E-state index is 12.6. The molecular formula is C21H21ClN2O3S. The minimum atomic E-state index is -0.184. The number of amides is 1. The van der Waals surface area contributed by atoms with Crippen molar-refractivity contribution in [1.82, 2.24) is 10.3 Å². The third kappa shape index (κ3) is 5.24. The zero-order chi connectivity index (χ0) is 19.9. The second kappa shape index (κ2) is 9.57. The Labute approximate surface area is 173 Å². The first kappa shape index (κ1) is 20.2. The molecule has 28 heavy (non-hydrogen) atoms. The standard InChI is InChI=1S/C21H21ClN2O3S/c1-3-26-18-11-16(21(25)24-14(2)19-8-9-20(22)28-19)6-7-17(18)27-13-15-5-4-10-23-12-15/h4-12,14H,3,13H2,1-2H3,(H,24,25). The third-order valence-electron chi connectivity index (χ3n) is 3.99. The Hall–Kier alpha value is -2.57. The molecule has 146 valence electrons. The minimum Gasteiger partial charge on any atom is -0.490 e. The van der Waals surface area contributed by atoms with Crippen LogP contribution in [0, 0.1) is 0 Å². The predicted octanol–water partition coefficient (Wildman–Crippen LogP) is 5.27. The average Bonchev–Trinajstić information content (AvgIpc) is 3.14. The number of nitrogens with one attached hydrogen (secondary N) is 1. The lowest BCUT2D eigenvalue weighted by molar-refractivity contribution is 0.0940. The van der Waals surface area contributed by atoms with Crippen LogP contribution >= 0.6 is 22.9 Å². The first-order valence-corrected chi connectivity index (χ1v) is 10.1. The number of benzene rings is 1. The summed E-state index contributed by atoms with van der Waals surface area (Å²) in [5, 5.41) is 2.98. The van der Waals surface area contributed by atoms with E-state index >= 15 is 0 Å². The van der Waals surface area contributed by atoms with Crippen LogP contribution < -0.4 is 14.8 Å². The van der Waals surface area contributed by atoms with Gasteiger partial charge in [0.1, 0.15) is 6.61 Å². The Balaban J connectivity index is 1.71. The SMILES string of the molecule is CCOc1cc(C(=O)NC(C)c2ccc(Cl)s2)ccc1OCc1cccnc1. The van der Waals surface area contributed by atoms with Gasteiger partial charge in [0.05, 0.1) is 17.0 Å². The highest BCUT2D eigenvalue weighted by molar-refractivity contribution is 7.16. The zero-order valence-electron chi connectivity index (χ0n) is 15.6. The number of carbonyl (C=O) groups is 1. The Morgan fingerprint density at radius 3 is 2.75 bits per heavy atom. The molecule has 0 bridgehead atoms. The molecule has 0 fully saturated rings. The van der Waals surface area contributed by atoms with Crippen LogP contribution in [0.15, 0.2) is 54.9 Å². The molecule has 2 aromatic heterocycles. The first-order valence-electron chi connectivity index (χ1n) is 8.91. The summed E-state index contributed by atoms with van der Waals surface area (Å²) < 4.78 is 12.2. The van der Waals surface area contributed by atoms with Gasteiger partial charge in [-0.2, -0.15) is 0 Å². The molecule has 0 aliphatic carbocycles. The number of hydrogen-bond donors (Lipinski definition) is 1. The molecule has 0 saturated carbocycles. The highest BCUT2D eigenvalue weighted by atomic mass is 35.5. The maximum Gasteiger partial charge on any atom is 0.251 e. The van der Waals surface area contributed by atoms with E-state index in [0.29, 0.717) is 34.6 Å². The molecule has 1 aromatic carbocycles. The van der Waals surface area contributed by atoms with E-state index in [1.807, 2.05) is 38.1 Å². The van der Waals surface area contributed by atoms with Crippen LogP contribution in [0.4, 0.5) is 0 Å². The van der Waals surface area contributed by atoms with Crippen LogP contribution in [0.5, 0.6) is 11.5 Å². The van der Waals surface area contributed by atoms with Crippen molar-refractivity contribution < 1.29 is 14.3 Å². The quantitative estimate of drug-likeness (QED) is 0.543. The summed E-state index contributed by atoms with van der Waals surface area (Å²) in [6, 6.07) is 12.6. The molecule has 0 saturated heterocycles. The van der Waals surface area contributed by atoms with Crippen molar-refractivity contribution in [2.24, 2.45) is 0 Å². The number of nitrogens with zero attached hydrogens (tertiary/aromatic N) is 1. The van der Waals surface area contributed by atoms with Crippen molar-refractivity contribution in [2.45, 2.75) is 26.5 Å². The van der Waals surface area contributed by atoms with E-state index in [4.69, 9.17) is 21.1 Å². The maximum absolute atomic E-state index is 12.6. The van der Waals surface area contributed by atoms with Gasteiger partial charge < -0.3 is 14.8 Å². The monoisotopic (exact) mass is 416 g/mol. The summed E-state index contributed by atoms with van der Waals surface area (Å²) in [5.41, 5.74) is 1.46. The molecule has 1 unspecified atom stereocenters. The first-order chi connectivity index (χ1) is 13.6. The van der Waals surface area contributed by atoms with Crippen molar-refractivity contribution in [1.29, 1.82) is 0 Å². The van der Waals surface area contributed by atoms with E-state index in [2.05, 4.69) is 10.3 Å². The van der Waals surface area contributed by atoms with Crippen LogP contribution in [0.25, 0.3) is 0 Å². The lowest BCUT2D eigenvalue weighted by Gasteiger charge is -2.15. The van der Waals surface area contributed by atoms with E-state index in [1.165, 1.54) is 11.3 Å². The molecule has 1 atom stereocenters. The topological polar surface area (TPSA) is 60.5 Å². The summed E-state index contributed by atoms with van der Waals surface area (Å²) in [7, 11) is 0. The predicted molar refractivity (Wildman–Crippen MR) is 111 cm³/mol. The van der Waals surface area contributed by atoms with E-state index in [0.717, 1.165) is 10.4 Å². The van der Waals surface area contributed by atoms with Gasteiger partial charge in [-0.1, -0.05) is 17.7 Å². The number of pyridine rings is 1. The van der Waals surface area contributed by atoms with Gasteiger partial charge in [0.25, 0.3) is 5.91 Å². The van der Waals surface area contributed by atoms with Gasteiger partial charge in [-0.05, 0) is 50.2 Å². The second-order valence-electron chi connectivity index (χ2n) is 6.08. The molecule has 1 amide bonds. The Kier molecular flexibility index (Phi) is 6.90. The van der Waals surface area contributed by atoms with Gasteiger partial charge in [0.2, 0.25) is 0 Å². The molecule has 0 radical (unpaired) electrons. The summed E-state index contributed by atoms with van der Waals surface area (Å²) in [6.07, 6.45) is 3.47. The van der Waals surface area contributed by atoms with Crippen LogP contribution in [-0.2, 0) is 6.61 Å². The number of carbonyl (C=O) groups excluding carboxylic acids is 1. The van der Waals surface area contributed by atoms with Gasteiger partial charge in [-0.3, -0.25) is 9.78 Å². The van der Waals surface area contributed by atoms with Crippen LogP contribution in [0.1, 0.15) is 40.7 Å². The Morgan fingerprint density at radius 1 is 1.21 bits per heavy atom. The van der Waals surface area contributed by atoms with Crippen molar-refractivity contribution in [2.75, 3.05) is 6.61 Å². The van der Waals surface area contributed by atoms with Crippen molar-refractivity contribution in [3.63, 3.8) is 0 Å². The van der Waals surface area contributed by atoms with Crippen molar-refractivity contribution in [3.05, 3.63) is 75.2 Å². The summed E-state index contributed by atoms with van der Waals surface area (Å²) in [5.74, 6) is 0.933. The summed E-state index contributed by atoms with van der Waals surface area (Å²) in [6.45, 7) is 4.66. The number of rotatable bonds is 8. The highest BCUT2D eigenvalue weighted by Gasteiger charge is 2.16. The fourth-order valence-electron chi connectivity index (χ4n) is 2.59. The zero-order valence-corrected chi connectivity index (χ0v) is 17.2. The third-order valence-corrected chi connectivity index (χ3v) is 5.41. The number of aromatic nitrogens is 1. The van der Waals surface area contributed by atoms with Gasteiger partial charge in [-0.25, -0.2) is 0 Å². The lowest BCUT2D eigenvalue weighted by atomic mass is 10.1. The van der Waals surface area contributed by atoms with E-state index in [1.54, 1.807) is 30.6 Å². The average molecular weight is 417 g/mol. The summed E-state index contributed by atoms with van der Waals surface area (Å²) in [4.78, 5) is 17.7. The fraction of sp³-hybridized carbons (Fsp3) is 0.238. The Bertz CT molecular complexity index is 930. The molecular weight excluding hydrogens is 396 g/mol. The molecule has 0 aliphatic heterocycles. The lowest BCUT2D eigenvalue weighted by Crippen LogP contribution is -2.26. The molecule has 0 aliphatic rings. The van der Waals surface area contributed by atoms with Gasteiger partial charge in [0, 0.05) is 28.4 Å². The number of ether oxygens (including phenoxy) is 2. The van der Waals surface area contributed by atoms with Gasteiger partial charge >= 0.3 is 0 Å². The second-order valence-corrected chi connectivity index (χ2v) is 7.83. The minimum absolute atomic E-state index is 0.137. The van der Waals surface area contributed by atoms with E-state index in [-0.39, 0.29) is 11.9 Å². The van der Waals surface area contributed by atoms with Crippen LogP contribution in [0.2, 0.25) is 4.34 Å². The van der Waals surface area contributed by atoms with Crippen LogP contribution in [0.3, 0.4) is 0 Å². The highest BCUT2D eigenvalue weighted by Crippen LogP contribution is 2.30. The molecule has 7 heteroatoms. The largest absolute Gasteiger partial charge is 0.490 e. The molecule has 3 rings (SSSR count). The van der Waals surface area contributed by atoms with Crippen molar-refractivity contribution >= 4 is 28.8 Å². The molecule has 0 spiro atoms.